The highest BCUT2D eigenvalue weighted by Gasteiger charge is 2.14. The standard InChI is InChI=1S/C18H18N4O2/c1-2-24-16-11-7-6-10-15(16)17(23)20-18-19-13-22(21-18)12-14-8-4-3-5-9-14/h3-11,13H,2,12H2,1H3,(H,20,21,23). The van der Waals surface area contributed by atoms with Crippen molar-refractivity contribution in [1.29, 1.82) is 0 Å². The second-order valence-corrected chi connectivity index (χ2v) is 5.13. The van der Waals surface area contributed by atoms with Crippen LogP contribution in [0.3, 0.4) is 0 Å². The maximum atomic E-state index is 12.4. The predicted octanol–water partition coefficient (Wildman–Crippen LogP) is 2.98. The van der Waals surface area contributed by atoms with E-state index in [0.29, 0.717) is 24.5 Å². The van der Waals surface area contributed by atoms with Crippen molar-refractivity contribution in [3.05, 3.63) is 72.1 Å². The van der Waals surface area contributed by atoms with Crippen molar-refractivity contribution in [3.63, 3.8) is 0 Å². The molecule has 0 aliphatic carbocycles. The summed E-state index contributed by atoms with van der Waals surface area (Å²) >= 11 is 0. The van der Waals surface area contributed by atoms with Crippen LogP contribution in [0.5, 0.6) is 5.75 Å². The van der Waals surface area contributed by atoms with Crippen molar-refractivity contribution in [3.8, 4) is 5.75 Å². The van der Waals surface area contributed by atoms with Crippen LogP contribution in [0.15, 0.2) is 60.9 Å². The Balaban J connectivity index is 1.69. The molecule has 0 radical (unpaired) electrons. The minimum absolute atomic E-state index is 0.266. The molecule has 0 spiro atoms. The molecule has 6 heteroatoms. The van der Waals surface area contributed by atoms with Gasteiger partial charge in [-0.25, -0.2) is 9.67 Å². The Morgan fingerprint density at radius 1 is 1.12 bits per heavy atom. The molecule has 2 aromatic carbocycles. The number of hydrogen-bond donors (Lipinski definition) is 1. The average Bonchev–Trinajstić information content (AvgIpc) is 3.03. The van der Waals surface area contributed by atoms with Crippen LogP contribution in [0.4, 0.5) is 5.95 Å². The number of rotatable bonds is 6. The fourth-order valence-corrected chi connectivity index (χ4v) is 2.30. The average molecular weight is 322 g/mol. The van der Waals surface area contributed by atoms with E-state index in [1.807, 2.05) is 43.3 Å². The third kappa shape index (κ3) is 3.78. The highest BCUT2D eigenvalue weighted by atomic mass is 16.5. The van der Waals surface area contributed by atoms with Gasteiger partial charge >= 0.3 is 0 Å². The molecule has 0 saturated carbocycles. The molecule has 0 bridgehead atoms. The molecule has 3 aromatic rings. The normalized spacial score (nSPS) is 10.4. The minimum atomic E-state index is -0.295. The van der Waals surface area contributed by atoms with Crippen LogP contribution in [0.25, 0.3) is 0 Å². The van der Waals surface area contributed by atoms with Gasteiger partial charge in [0.1, 0.15) is 12.1 Å². The largest absolute Gasteiger partial charge is 0.493 e. The Hall–Kier alpha value is -3.15. The fraction of sp³-hybridized carbons (Fsp3) is 0.167. The van der Waals surface area contributed by atoms with Gasteiger partial charge in [-0.2, -0.15) is 0 Å². The molecule has 0 aliphatic rings. The zero-order valence-electron chi connectivity index (χ0n) is 13.3. The van der Waals surface area contributed by atoms with Gasteiger partial charge in [0.15, 0.2) is 0 Å². The molecule has 1 heterocycles. The number of anilines is 1. The molecule has 0 unspecified atom stereocenters. The fourth-order valence-electron chi connectivity index (χ4n) is 2.30. The SMILES string of the molecule is CCOc1ccccc1C(=O)Nc1ncn(Cc2ccccc2)n1. The van der Waals surface area contributed by atoms with E-state index in [4.69, 9.17) is 4.74 Å². The third-order valence-corrected chi connectivity index (χ3v) is 3.38. The van der Waals surface area contributed by atoms with Crippen LogP contribution in [0.1, 0.15) is 22.8 Å². The van der Waals surface area contributed by atoms with E-state index >= 15 is 0 Å². The van der Waals surface area contributed by atoms with Gasteiger partial charge in [0, 0.05) is 0 Å². The van der Waals surface area contributed by atoms with Gasteiger partial charge in [-0.15, -0.1) is 5.10 Å². The maximum Gasteiger partial charge on any atom is 0.261 e. The molecule has 6 nitrogen and oxygen atoms in total. The smallest absolute Gasteiger partial charge is 0.261 e. The molecule has 0 atom stereocenters. The molecule has 24 heavy (non-hydrogen) atoms. The first-order chi connectivity index (χ1) is 11.8. The van der Waals surface area contributed by atoms with E-state index in [9.17, 15) is 4.79 Å². The lowest BCUT2D eigenvalue weighted by atomic mass is 10.2. The van der Waals surface area contributed by atoms with Gasteiger partial charge in [0.25, 0.3) is 5.91 Å². The molecule has 0 saturated heterocycles. The summed E-state index contributed by atoms with van der Waals surface area (Å²) in [6.45, 7) is 2.97. The topological polar surface area (TPSA) is 69.0 Å². The van der Waals surface area contributed by atoms with E-state index in [2.05, 4.69) is 15.4 Å². The van der Waals surface area contributed by atoms with Gasteiger partial charge in [-0.3, -0.25) is 10.1 Å². The number of amides is 1. The molecule has 1 aromatic heterocycles. The molecule has 0 fully saturated rings. The van der Waals surface area contributed by atoms with Crippen molar-refractivity contribution in [2.45, 2.75) is 13.5 Å². The van der Waals surface area contributed by atoms with Gasteiger partial charge in [0.05, 0.1) is 18.7 Å². The number of carbonyl (C=O) groups is 1. The molecule has 3 rings (SSSR count). The first-order valence-corrected chi connectivity index (χ1v) is 7.73. The Morgan fingerprint density at radius 3 is 2.67 bits per heavy atom. The van der Waals surface area contributed by atoms with Crippen molar-refractivity contribution in [2.24, 2.45) is 0 Å². The maximum absolute atomic E-state index is 12.4. The molecule has 1 amide bonds. The van der Waals surface area contributed by atoms with Gasteiger partial charge in [0.2, 0.25) is 5.95 Å². The summed E-state index contributed by atoms with van der Waals surface area (Å²) in [6.07, 6.45) is 1.59. The van der Waals surface area contributed by atoms with E-state index in [-0.39, 0.29) is 11.9 Å². The lowest BCUT2D eigenvalue weighted by Gasteiger charge is -2.08. The summed E-state index contributed by atoms with van der Waals surface area (Å²) in [5, 5.41) is 6.98. The summed E-state index contributed by atoms with van der Waals surface area (Å²) < 4.78 is 7.15. The first kappa shape index (κ1) is 15.7. The van der Waals surface area contributed by atoms with Gasteiger partial charge in [-0.05, 0) is 24.6 Å². The minimum Gasteiger partial charge on any atom is -0.493 e. The van der Waals surface area contributed by atoms with Crippen LogP contribution in [0.2, 0.25) is 0 Å². The van der Waals surface area contributed by atoms with Crippen LogP contribution >= 0.6 is 0 Å². The number of benzene rings is 2. The number of nitrogens with zero attached hydrogens (tertiary/aromatic N) is 3. The first-order valence-electron chi connectivity index (χ1n) is 7.73. The Labute approximate surface area is 140 Å². The summed E-state index contributed by atoms with van der Waals surface area (Å²) in [5.74, 6) is 0.514. The van der Waals surface area contributed by atoms with Crippen LogP contribution in [0, 0.1) is 0 Å². The highest BCUT2D eigenvalue weighted by Crippen LogP contribution is 2.18. The number of para-hydroxylation sites is 1. The number of carbonyl (C=O) groups excluding carboxylic acids is 1. The van der Waals surface area contributed by atoms with Crippen molar-refractivity contribution in [2.75, 3.05) is 11.9 Å². The summed E-state index contributed by atoms with van der Waals surface area (Å²) in [4.78, 5) is 16.5. The lowest BCUT2D eigenvalue weighted by Crippen LogP contribution is -2.15. The van der Waals surface area contributed by atoms with Crippen LogP contribution < -0.4 is 10.1 Å². The quantitative estimate of drug-likeness (QED) is 0.757. The highest BCUT2D eigenvalue weighted by molar-refractivity contribution is 6.05. The molecule has 0 aliphatic heterocycles. The second-order valence-electron chi connectivity index (χ2n) is 5.13. The van der Waals surface area contributed by atoms with E-state index < -0.39 is 0 Å². The van der Waals surface area contributed by atoms with E-state index in [1.54, 1.807) is 29.2 Å². The third-order valence-electron chi connectivity index (χ3n) is 3.38. The number of hydrogen-bond acceptors (Lipinski definition) is 4. The zero-order chi connectivity index (χ0) is 16.8. The number of nitrogens with one attached hydrogen (secondary N) is 1. The van der Waals surface area contributed by atoms with Crippen LogP contribution in [-0.4, -0.2) is 27.3 Å². The molecular formula is C18H18N4O2. The Morgan fingerprint density at radius 2 is 1.88 bits per heavy atom. The summed E-state index contributed by atoms with van der Waals surface area (Å²) in [5.41, 5.74) is 1.57. The van der Waals surface area contributed by atoms with Gasteiger partial charge in [-0.1, -0.05) is 42.5 Å². The summed E-state index contributed by atoms with van der Waals surface area (Å²) in [7, 11) is 0. The number of ether oxygens (including phenoxy) is 1. The molecule has 122 valence electrons. The molecular weight excluding hydrogens is 304 g/mol. The molecule has 1 N–H and O–H groups in total. The second kappa shape index (κ2) is 7.41. The van der Waals surface area contributed by atoms with Crippen molar-refractivity contribution in [1.82, 2.24) is 14.8 Å². The van der Waals surface area contributed by atoms with Crippen LogP contribution in [-0.2, 0) is 6.54 Å². The lowest BCUT2D eigenvalue weighted by molar-refractivity contribution is 0.102. The van der Waals surface area contributed by atoms with Gasteiger partial charge < -0.3 is 4.74 Å². The van der Waals surface area contributed by atoms with E-state index in [1.165, 1.54) is 0 Å². The Bertz CT molecular complexity index is 815. The monoisotopic (exact) mass is 322 g/mol. The van der Waals surface area contributed by atoms with Crippen molar-refractivity contribution >= 4 is 11.9 Å². The zero-order valence-corrected chi connectivity index (χ0v) is 13.3. The van der Waals surface area contributed by atoms with E-state index in [0.717, 1.165) is 5.56 Å². The Kier molecular flexibility index (Phi) is 4.86. The summed E-state index contributed by atoms with van der Waals surface area (Å²) in [6, 6.07) is 17.0. The van der Waals surface area contributed by atoms with Crippen molar-refractivity contribution < 1.29 is 9.53 Å². The number of aromatic nitrogens is 3. The predicted molar refractivity (Wildman–Crippen MR) is 91.1 cm³/mol.